The number of carbonyl (C=O) groups excluding carboxylic acids is 1. The van der Waals surface area contributed by atoms with Crippen LogP contribution in [-0.2, 0) is 14.8 Å². The number of hydrogen-bond acceptors (Lipinski definition) is 4. The van der Waals surface area contributed by atoms with E-state index in [1.165, 1.54) is 12.1 Å². The van der Waals surface area contributed by atoms with Gasteiger partial charge in [-0.05, 0) is 19.1 Å². The third-order valence-corrected chi connectivity index (χ3v) is 4.66. The summed E-state index contributed by atoms with van der Waals surface area (Å²) in [5.41, 5.74) is 5.03. The molecule has 0 aliphatic rings. The van der Waals surface area contributed by atoms with Crippen LogP contribution in [0.15, 0.2) is 23.1 Å². The first-order valence-corrected chi connectivity index (χ1v) is 7.59. The summed E-state index contributed by atoms with van der Waals surface area (Å²) in [7, 11) is -4.01. The van der Waals surface area contributed by atoms with Gasteiger partial charge in [0, 0.05) is 13.1 Å². The Hall–Kier alpha value is -1.67. The molecule has 0 bridgehead atoms. The molecule has 0 fully saturated rings. The predicted molar refractivity (Wildman–Crippen MR) is 73.9 cm³/mol. The van der Waals surface area contributed by atoms with Gasteiger partial charge >= 0.3 is 0 Å². The number of benzene rings is 1. The van der Waals surface area contributed by atoms with Gasteiger partial charge in [0.25, 0.3) is 0 Å². The number of halogens is 1. The maximum atomic E-state index is 13.4. The average molecular weight is 303 g/mol. The lowest BCUT2D eigenvalue weighted by atomic mass is 10.3. The highest BCUT2D eigenvalue weighted by atomic mass is 32.2. The normalized spacial score (nSPS) is 11.6. The monoisotopic (exact) mass is 303 g/mol. The highest BCUT2D eigenvalue weighted by molar-refractivity contribution is 7.89. The molecule has 0 radical (unpaired) electrons. The number of carbonyl (C=O) groups is 1. The zero-order valence-corrected chi connectivity index (χ0v) is 12.2. The van der Waals surface area contributed by atoms with Gasteiger partial charge in [0.1, 0.15) is 10.7 Å². The van der Waals surface area contributed by atoms with Gasteiger partial charge in [-0.3, -0.25) is 4.79 Å². The number of para-hydroxylation sites is 1. The number of nitrogens with zero attached hydrogens (tertiary/aromatic N) is 1. The van der Waals surface area contributed by atoms with Crippen molar-refractivity contribution in [3.8, 4) is 0 Å². The topological polar surface area (TPSA) is 92.5 Å². The molecule has 0 saturated heterocycles. The number of rotatable bonds is 6. The van der Waals surface area contributed by atoms with Crippen LogP contribution in [0.25, 0.3) is 0 Å². The molecule has 0 aliphatic heterocycles. The van der Waals surface area contributed by atoms with Crippen LogP contribution in [0, 0.1) is 5.82 Å². The van der Waals surface area contributed by atoms with Gasteiger partial charge in [0.2, 0.25) is 15.9 Å². The Morgan fingerprint density at radius 3 is 2.60 bits per heavy atom. The van der Waals surface area contributed by atoms with Crippen molar-refractivity contribution < 1.29 is 17.6 Å². The molecule has 8 heteroatoms. The molecule has 1 rings (SSSR count). The van der Waals surface area contributed by atoms with Gasteiger partial charge in [-0.25, -0.2) is 12.8 Å². The van der Waals surface area contributed by atoms with Crippen LogP contribution in [0.3, 0.4) is 0 Å². The third kappa shape index (κ3) is 3.45. The summed E-state index contributed by atoms with van der Waals surface area (Å²) in [6.07, 6.45) is 0. The van der Waals surface area contributed by atoms with Crippen LogP contribution < -0.4 is 11.1 Å². The fourth-order valence-corrected chi connectivity index (χ4v) is 3.19. The molecular weight excluding hydrogens is 285 g/mol. The quantitative estimate of drug-likeness (QED) is 0.751. The Kier molecular flexibility index (Phi) is 5.46. The van der Waals surface area contributed by atoms with Crippen LogP contribution >= 0.6 is 0 Å². The van der Waals surface area contributed by atoms with Crippen molar-refractivity contribution in [3.05, 3.63) is 24.0 Å². The van der Waals surface area contributed by atoms with Gasteiger partial charge in [-0.15, -0.1) is 0 Å². The van der Waals surface area contributed by atoms with Crippen molar-refractivity contribution in [1.82, 2.24) is 9.62 Å². The van der Waals surface area contributed by atoms with E-state index in [0.717, 1.165) is 10.4 Å². The van der Waals surface area contributed by atoms with E-state index in [2.05, 4.69) is 5.32 Å². The molecule has 6 nitrogen and oxygen atoms in total. The fourth-order valence-electron chi connectivity index (χ4n) is 1.66. The lowest BCUT2D eigenvalue weighted by Crippen LogP contribution is -2.40. The van der Waals surface area contributed by atoms with Crippen molar-refractivity contribution in [2.75, 3.05) is 25.4 Å². The second kappa shape index (κ2) is 6.67. The zero-order chi connectivity index (χ0) is 15.3. The maximum absolute atomic E-state index is 13.4. The Morgan fingerprint density at radius 1 is 1.40 bits per heavy atom. The molecule has 0 heterocycles. The van der Waals surface area contributed by atoms with E-state index in [1.54, 1.807) is 13.8 Å². The second-order valence-electron chi connectivity index (χ2n) is 4.04. The van der Waals surface area contributed by atoms with Gasteiger partial charge < -0.3 is 11.1 Å². The molecule has 112 valence electrons. The number of anilines is 1. The van der Waals surface area contributed by atoms with Crippen LogP contribution in [0.5, 0.6) is 0 Å². The third-order valence-electron chi connectivity index (χ3n) is 2.68. The molecular formula is C12H18FN3O3S. The SMILES string of the molecule is CCNC(=O)CN(CC)S(=O)(=O)c1cccc(F)c1N. The Balaban J connectivity index is 3.12. The van der Waals surface area contributed by atoms with Crippen LogP contribution in [-0.4, -0.2) is 38.3 Å². The maximum Gasteiger partial charge on any atom is 0.245 e. The highest BCUT2D eigenvalue weighted by Crippen LogP contribution is 2.24. The standard InChI is InChI=1S/C12H18FN3O3S/c1-3-15-11(17)8-16(4-2)20(18,19)10-7-5-6-9(13)12(10)14/h5-7H,3-4,8,14H2,1-2H3,(H,15,17). The number of sulfonamides is 1. The van der Waals surface area contributed by atoms with Gasteiger partial charge in [0.05, 0.1) is 12.2 Å². The summed E-state index contributed by atoms with van der Waals surface area (Å²) in [6, 6.07) is 3.56. The van der Waals surface area contributed by atoms with E-state index in [1.807, 2.05) is 0 Å². The smallest absolute Gasteiger partial charge is 0.245 e. The van der Waals surface area contributed by atoms with E-state index < -0.39 is 27.4 Å². The zero-order valence-electron chi connectivity index (χ0n) is 11.4. The molecule has 1 aromatic rings. The second-order valence-corrected chi connectivity index (χ2v) is 5.94. The molecule has 3 N–H and O–H groups in total. The molecule has 0 aromatic heterocycles. The lowest BCUT2D eigenvalue weighted by Gasteiger charge is -2.20. The van der Waals surface area contributed by atoms with Gasteiger partial charge in [-0.1, -0.05) is 13.0 Å². The fraction of sp³-hybridized carbons (Fsp3) is 0.417. The summed E-state index contributed by atoms with van der Waals surface area (Å²) in [5, 5.41) is 2.51. The molecule has 0 spiro atoms. The minimum atomic E-state index is -4.01. The number of nitrogen functional groups attached to an aromatic ring is 1. The van der Waals surface area contributed by atoms with Crippen LogP contribution in [0.4, 0.5) is 10.1 Å². The van der Waals surface area contributed by atoms with Crippen molar-refractivity contribution in [2.45, 2.75) is 18.7 Å². The van der Waals surface area contributed by atoms with Crippen molar-refractivity contribution in [1.29, 1.82) is 0 Å². The largest absolute Gasteiger partial charge is 0.395 e. The molecule has 1 aromatic carbocycles. The summed E-state index contributed by atoms with van der Waals surface area (Å²) >= 11 is 0. The Labute approximate surface area is 117 Å². The molecule has 0 saturated carbocycles. The first kappa shape index (κ1) is 16.4. The molecule has 0 atom stereocenters. The van der Waals surface area contributed by atoms with E-state index >= 15 is 0 Å². The van der Waals surface area contributed by atoms with E-state index in [4.69, 9.17) is 5.73 Å². The average Bonchev–Trinajstić information content (AvgIpc) is 2.39. The van der Waals surface area contributed by atoms with Crippen molar-refractivity contribution >= 4 is 21.6 Å². The van der Waals surface area contributed by atoms with E-state index in [-0.39, 0.29) is 18.0 Å². The minimum absolute atomic E-state index is 0.0788. The summed E-state index contributed by atoms with van der Waals surface area (Å²) in [4.78, 5) is 11.2. The minimum Gasteiger partial charge on any atom is -0.395 e. The highest BCUT2D eigenvalue weighted by Gasteiger charge is 2.27. The first-order chi connectivity index (χ1) is 9.34. The van der Waals surface area contributed by atoms with Crippen molar-refractivity contribution in [2.24, 2.45) is 0 Å². The summed E-state index contributed by atoms with van der Waals surface area (Å²) < 4.78 is 39.1. The van der Waals surface area contributed by atoms with E-state index in [9.17, 15) is 17.6 Å². The number of nitrogens with one attached hydrogen (secondary N) is 1. The number of amides is 1. The molecule has 1 amide bonds. The van der Waals surface area contributed by atoms with Gasteiger partial charge in [0.15, 0.2) is 0 Å². The Bertz CT molecular complexity index is 590. The van der Waals surface area contributed by atoms with Crippen LogP contribution in [0.1, 0.15) is 13.8 Å². The summed E-state index contributed by atoms with van der Waals surface area (Å²) in [6.45, 7) is 3.47. The number of nitrogens with two attached hydrogens (primary N) is 1. The van der Waals surface area contributed by atoms with Crippen LogP contribution in [0.2, 0.25) is 0 Å². The molecule has 20 heavy (non-hydrogen) atoms. The Morgan fingerprint density at radius 2 is 2.05 bits per heavy atom. The number of hydrogen-bond donors (Lipinski definition) is 2. The predicted octanol–water partition coefficient (Wildman–Crippen LogP) is 0.555. The summed E-state index contributed by atoms with van der Waals surface area (Å²) in [5.74, 6) is -1.23. The van der Waals surface area contributed by atoms with Crippen molar-refractivity contribution in [3.63, 3.8) is 0 Å². The van der Waals surface area contributed by atoms with E-state index in [0.29, 0.717) is 6.54 Å². The first-order valence-electron chi connectivity index (χ1n) is 6.15. The molecule has 0 aliphatic carbocycles. The lowest BCUT2D eigenvalue weighted by molar-refractivity contribution is -0.121. The number of likely N-dealkylation sites (N-methyl/N-ethyl adjacent to an activating group) is 2. The molecule has 0 unspecified atom stereocenters. The van der Waals surface area contributed by atoms with Gasteiger partial charge in [-0.2, -0.15) is 4.31 Å².